The van der Waals surface area contributed by atoms with Gasteiger partial charge in [-0.15, -0.1) is 0 Å². The number of carbonyl (C=O) groups is 2. The lowest BCUT2D eigenvalue weighted by atomic mass is 10.1. The summed E-state index contributed by atoms with van der Waals surface area (Å²) < 4.78 is 10.5. The van der Waals surface area contributed by atoms with Gasteiger partial charge in [0.1, 0.15) is 12.2 Å². The fourth-order valence-electron chi connectivity index (χ4n) is 2.86. The third-order valence-electron chi connectivity index (χ3n) is 4.01. The lowest BCUT2D eigenvalue weighted by Gasteiger charge is -2.20. The largest absolute Gasteiger partial charge is 0.445 e. The molecule has 0 unspecified atom stereocenters. The van der Waals surface area contributed by atoms with E-state index < -0.39 is 17.8 Å². The zero-order chi connectivity index (χ0) is 18.3. The second kappa shape index (κ2) is 8.74. The van der Waals surface area contributed by atoms with Crippen LogP contribution in [-0.2, 0) is 16.1 Å². The maximum atomic E-state index is 11.9. The normalized spacial score (nSPS) is 20.0. The number of hydrogen-bond acceptors (Lipinski definition) is 4. The summed E-state index contributed by atoms with van der Waals surface area (Å²) in [5, 5.41) is 5.70. The molecule has 2 atom stereocenters. The van der Waals surface area contributed by atoms with Crippen molar-refractivity contribution in [2.24, 2.45) is 5.92 Å². The summed E-state index contributed by atoms with van der Waals surface area (Å²) in [4.78, 5) is 23.6. The molecular formula is C19H28N2O4. The first-order valence-corrected chi connectivity index (χ1v) is 8.76. The topological polar surface area (TPSA) is 76.7 Å². The summed E-state index contributed by atoms with van der Waals surface area (Å²) in [5.41, 5.74) is 0.468. The average molecular weight is 348 g/mol. The van der Waals surface area contributed by atoms with E-state index in [-0.39, 0.29) is 12.6 Å². The molecule has 2 amide bonds. The van der Waals surface area contributed by atoms with Gasteiger partial charge in [-0.25, -0.2) is 9.59 Å². The molecule has 0 radical (unpaired) electrons. The molecule has 25 heavy (non-hydrogen) atoms. The fourth-order valence-corrected chi connectivity index (χ4v) is 2.86. The Labute approximate surface area is 149 Å². The third-order valence-corrected chi connectivity index (χ3v) is 4.01. The van der Waals surface area contributed by atoms with E-state index >= 15 is 0 Å². The van der Waals surface area contributed by atoms with Gasteiger partial charge in [-0.2, -0.15) is 0 Å². The number of hydrogen-bond donors (Lipinski definition) is 2. The molecule has 1 aromatic carbocycles. The van der Waals surface area contributed by atoms with Crippen molar-refractivity contribution in [1.29, 1.82) is 0 Å². The zero-order valence-corrected chi connectivity index (χ0v) is 15.2. The van der Waals surface area contributed by atoms with Crippen LogP contribution in [0.25, 0.3) is 0 Å². The highest BCUT2D eigenvalue weighted by Crippen LogP contribution is 2.25. The molecule has 6 nitrogen and oxygen atoms in total. The summed E-state index contributed by atoms with van der Waals surface area (Å²) in [6.07, 6.45) is 1.89. The van der Waals surface area contributed by atoms with E-state index in [1.165, 1.54) is 0 Å². The van der Waals surface area contributed by atoms with Crippen molar-refractivity contribution >= 4 is 12.2 Å². The Balaban J connectivity index is 1.63. The first-order chi connectivity index (χ1) is 11.8. The average Bonchev–Trinajstić information content (AvgIpc) is 2.98. The smallest absolute Gasteiger partial charge is 0.407 e. The summed E-state index contributed by atoms with van der Waals surface area (Å²) >= 11 is 0. The van der Waals surface area contributed by atoms with Crippen LogP contribution in [0.15, 0.2) is 30.3 Å². The maximum Gasteiger partial charge on any atom is 0.407 e. The molecule has 1 aromatic rings. The molecule has 1 aliphatic rings. The van der Waals surface area contributed by atoms with Crippen LogP contribution in [0.4, 0.5) is 9.59 Å². The van der Waals surface area contributed by atoms with Gasteiger partial charge in [-0.1, -0.05) is 30.3 Å². The van der Waals surface area contributed by atoms with Gasteiger partial charge in [0.15, 0.2) is 0 Å². The predicted octanol–water partition coefficient (Wildman–Crippen LogP) is 3.61. The SMILES string of the molecule is CC(C)(C)OC(=O)NC[C@@H]1CC[C@H](NC(=O)OCc2ccccc2)C1. The van der Waals surface area contributed by atoms with Crippen molar-refractivity contribution in [2.75, 3.05) is 6.54 Å². The van der Waals surface area contributed by atoms with Gasteiger partial charge in [0.25, 0.3) is 0 Å². The summed E-state index contributed by atoms with van der Waals surface area (Å²) in [6, 6.07) is 9.68. The van der Waals surface area contributed by atoms with Crippen LogP contribution >= 0.6 is 0 Å². The van der Waals surface area contributed by atoms with Crippen LogP contribution in [0.3, 0.4) is 0 Å². The molecule has 1 fully saturated rings. The third kappa shape index (κ3) is 7.45. The summed E-state index contributed by atoms with van der Waals surface area (Å²) in [7, 11) is 0. The maximum absolute atomic E-state index is 11.9. The molecule has 138 valence electrons. The molecule has 0 aromatic heterocycles. The zero-order valence-electron chi connectivity index (χ0n) is 15.2. The summed E-state index contributed by atoms with van der Waals surface area (Å²) in [6.45, 7) is 6.34. The van der Waals surface area contributed by atoms with Crippen LogP contribution in [0.1, 0.15) is 45.6 Å². The number of alkyl carbamates (subject to hydrolysis) is 2. The predicted molar refractivity (Wildman–Crippen MR) is 95.1 cm³/mol. The number of rotatable bonds is 5. The van der Waals surface area contributed by atoms with E-state index in [1.807, 2.05) is 51.1 Å². The van der Waals surface area contributed by atoms with Gasteiger partial charge in [-0.3, -0.25) is 0 Å². The van der Waals surface area contributed by atoms with Crippen molar-refractivity contribution in [1.82, 2.24) is 10.6 Å². The van der Waals surface area contributed by atoms with Crippen molar-refractivity contribution in [3.8, 4) is 0 Å². The van der Waals surface area contributed by atoms with E-state index in [9.17, 15) is 9.59 Å². The lowest BCUT2D eigenvalue weighted by molar-refractivity contribution is 0.0519. The molecule has 0 spiro atoms. The number of ether oxygens (including phenoxy) is 2. The molecule has 1 aliphatic carbocycles. The van der Waals surface area contributed by atoms with Crippen molar-refractivity contribution < 1.29 is 19.1 Å². The van der Waals surface area contributed by atoms with E-state index in [0.29, 0.717) is 12.5 Å². The molecular weight excluding hydrogens is 320 g/mol. The highest BCUT2D eigenvalue weighted by atomic mass is 16.6. The first-order valence-electron chi connectivity index (χ1n) is 8.76. The minimum Gasteiger partial charge on any atom is -0.445 e. The van der Waals surface area contributed by atoms with Crippen LogP contribution in [-0.4, -0.2) is 30.4 Å². The minimum atomic E-state index is -0.494. The monoisotopic (exact) mass is 348 g/mol. The standard InChI is InChI=1S/C19H28N2O4/c1-19(2,3)25-17(22)20-12-15-9-10-16(11-15)21-18(23)24-13-14-7-5-4-6-8-14/h4-8,15-16H,9-13H2,1-3H3,(H,20,22)(H,21,23)/t15-,16+/m1/s1. The second-order valence-corrected chi connectivity index (χ2v) is 7.46. The van der Waals surface area contributed by atoms with Crippen molar-refractivity contribution in [3.05, 3.63) is 35.9 Å². The van der Waals surface area contributed by atoms with Crippen LogP contribution in [0.5, 0.6) is 0 Å². The van der Waals surface area contributed by atoms with Crippen LogP contribution < -0.4 is 10.6 Å². The van der Waals surface area contributed by atoms with Gasteiger partial charge < -0.3 is 20.1 Å². The van der Waals surface area contributed by atoms with Crippen molar-refractivity contribution in [2.45, 2.75) is 58.3 Å². The minimum absolute atomic E-state index is 0.0914. The Morgan fingerprint density at radius 1 is 1.12 bits per heavy atom. The van der Waals surface area contributed by atoms with Crippen LogP contribution in [0.2, 0.25) is 0 Å². The number of nitrogens with one attached hydrogen (secondary N) is 2. The lowest BCUT2D eigenvalue weighted by Crippen LogP contribution is -2.36. The molecule has 2 N–H and O–H groups in total. The second-order valence-electron chi connectivity index (χ2n) is 7.46. The Morgan fingerprint density at radius 3 is 2.52 bits per heavy atom. The van der Waals surface area contributed by atoms with E-state index in [1.54, 1.807) is 0 Å². The van der Waals surface area contributed by atoms with E-state index in [2.05, 4.69) is 10.6 Å². The Bertz CT molecular complexity index is 569. The molecule has 6 heteroatoms. The Morgan fingerprint density at radius 2 is 1.84 bits per heavy atom. The fraction of sp³-hybridized carbons (Fsp3) is 0.579. The highest BCUT2D eigenvalue weighted by molar-refractivity contribution is 5.68. The molecule has 2 rings (SSSR count). The molecule has 0 heterocycles. The van der Waals surface area contributed by atoms with Crippen LogP contribution in [0, 0.1) is 5.92 Å². The van der Waals surface area contributed by atoms with Crippen molar-refractivity contribution in [3.63, 3.8) is 0 Å². The molecule has 0 saturated heterocycles. The first kappa shape index (κ1) is 19.1. The molecule has 0 aliphatic heterocycles. The highest BCUT2D eigenvalue weighted by Gasteiger charge is 2.27. The number of amides is 2. The molecule has 1 saturated carbocycles. The number of carbonyl (C=O) groups excluding carboxylic acids is 2. The van der Waals surface area contributed by atoms with Gasteiger partial charge in [0.05, 0.1) is 0 Å². The Kier molecular flexibility index (Phi) is 6.67. The summed E-state index contributed by atoms with van der Waals surface area (Å²) in [5.74, 6) is 0.340. The Hall–Kier alpha value is -2.24. The van der Waals surface area contributed by atoms with E-state index in [4.69, 9.17) is 9.47 Å². The molecule has 0 bridgehead atoms. The van der Waals surface area contributed by atoms with E-state index in [0.717, 1.165) is 24.8 Å². The van der Waals surface area contributed by atoms with Gasteiger partial charge in [0.2, 0.25) is 0 Å². The van der Waals surface area contributed by atoms with Gasteiger partial charge in [-0.05, 0) is 51.5 Å². The van der Waals surface area contributed by atoms with Gasteiger partial charge in [0, 0.05) is 12.6 Å². The van der Waals surface area contributed by atoms with Gasteiger partial charge >= 0.3 is 12.2 Å². The number of benzene rings is 1. The quantitative estimate of drug-likeness (QED) is 0.852.